The topological polar surface area (TPSA) is 120 Å². The second-order valence-electron chi connectivity index (χ2n) is 9.39. The first-order valence-electron chi connectivity index (χ1n) is 12.5. The fourth-order valence-corrected chi connectivity index (χ4v) is 4.38. The van der Waals surface area contributed by atoms with Gasteiger partial charge in [-0.25, -0.2) is 14.6 Å². The van der Waals surface area contributed by atoms with Crippen LogP contribution in [0.3, 0.4) is 0 Å². The Labute approximate surface area is 217 Å². The van der Waals surface area contributed by atoms with Gasteiger partial charge in [0.1, 0.15) is 0 Å². The number of amides is 1. The standard InChI is InChI=1S/C28H35N7O2/c1-17(2)35-26-24(16-32-35)22(27(36)31-15-23-18(3)11-19(4)33-28(23)37-5)13-25(34-26)21-8-6-7-20(12-21)14-30-10-9-29/h6-8,11-13,16-17,30H,9-10,14-15,29H2,1-5H3,(H,31,36). The van der Waals surface area contributed by atoms with Crippen molar-refractivity contribution in [3.8, 4) is 17.1 Å². The van der Waals surface area contributed by atoms with Gasteiger partial charge in [-0.05, 0) is 57.0 Å². The van der Waals surface area contributed by atoms with Gasteiger partial charge in [0.25, 0.3) is 5.91 Å². The summed E-state index contributed by atoms with van der Waals surface area (Å²) in [5.74, 6) is 0.311. The molecule has 4 aromatic rings. The molecule has 4 rings (SSSR count). The number of pyridine rings is 2. The van der Waals surface area contributed by atoms with E-state index in [1.54, 1.807) is 13.3 Å². The van der Waals surface area contributed by atoms with E-state index in [-0.39, 0.29) is 11.9 Å². The van der Waals surface area contributed by atoms with Crippen molar-refractivity contribution < 1.29 is 9.53 Å². The van der Waals surface area contributed by atoms with E-state index in [0.29, 0.717) is 47.8 Å². The minimum Gasteiger partial charge on any atom is -0.481 e. The molecule has 0 spiro atoms. The SMILES string of the molecule is COc1nc(C)cc(C)c1CNC(=O)c1cc(-c2cccc(CNCCN)c2)nc2c1cnn2C(C)C. The van der Waals surface area contributed by atoms with Crippen molar-refractivity contribution in [2.75, 3.05) is 20.2 Å². The van der Waals surface area contributed by atoms with E-state index >= 15 is 0 Å². The van der Waals surface area contributed by atoms with Gasteiger partial charge in [0.2, 0.25) is 5.88 Å². The van der Waals surface area contributed by atoms with E-state index in [4.69, 9.17) is 15.5 Å². The molecule has 0 unspecified atom stereocenters. The third kappa shape index (κ3) is 5.79. The van der Waals surface area contributed by atoms with E-state index < -0.39 is 0 Å². The van der Waals surface area contributed by atoms with Crippen LogP contribution in [0.4, 0.5) is 0 Å². The number of hydrogen-bond acceptors (Lipinski definition) is 7. The molecule has 0 atom stereocenters. The Kier molecular flexibility index (Phi) is 8.15. The van der Waals surface area contributed by atoms with Crippen LogP contribution < -0.4 is 21.1 Å². The number of fused-ring (bicyclic) bond motifs is 1. The highest BCUT2D eigenvalue weighted by atomic mass is 16.5. The Bertz CT molecular complexity index is 1410. The van der Waals surface area contributed by atoms with E-state index in [2.05, 4.69) is 32.8 Å². The number of hydrogen-bond donors (Lipinski definition) is 3. The lowest BCUT2D eigenvalue weighted by molar-refractivity contribution is 0.0952. The summed E-state index contributed by atoms with van der Waals surface area (Å²) in [6, 6.07) is 12.1. The van der Waals surface area contributed by atoms with Gasteiger partial charge in [0, 0.05) is 49.0 Å². The van der Waals surface area contributed by atoms with Crippen LogP contribution in [-0.4, -0.2) is 45.9 Å². The van der Waals surface area contributed by atoms with Gasteiger partial charge in [-0.1, -0.05) is 18.2 Å². The highest BCUT2D eigenvalue weighted by molar-refractivity contribution is 6.06. The molecular weight excluding hydrogens is 466 g/mol. The number of rotatable bonds is 10. The molecule has 0 radical (unpaired) electrons. The lowest BCUT2D eigenvalue weighted by Crippen LogP contribution is -2.24. The fourth-order valence-electron chi connectivity index (χ4n) is 4.38. The molecule has 1 amide bonds. The average Bonchev–Trinajstić information content (AvgIpc) is 3.32. The smallest absolute Gasteiger partial charge is 0.252 e. The zero-order chi connectivity index (χ0) is 26.5. The molecule has 0 fully saturated rings. The molecule has 194 valence electrons. The Hall–Kier alpha value is -3.82. The first kappa shape index (κ1) is 26.2. The van der Waals surface area contributed by atoms with Crippen LogP contribution in [-0.2, 0) is 13.1 Å². The molecule has 9 heteroatoms. The number of nitrogens with zero attached hydrogens (tertiary/aromatic N) is 4. The number of ether oxygens (including phenoxy) is 1. The van der Waals surface area contributed by atoms with Crippen LogP contribution in [0, 0.1) is 13.8 Å². The van der Waals surface area contributed by atoms with Gasteiger partial charge in [0.15, 0.2) is 5.65 Å². The van der Waals surface area contributed by atoms with Gasteiger partial charge in [0.05, 0.1) is 30.0 Å². The van der Waals surface area contributed by atoms with Crippen LogP contribution in [0.2, 0.25) is 0 Å². The minimum absolute atomic E-state index is 0.0912. The second-order valence-corrected chi connectivity index (χ2v) is 9.39. The van der Waals surface area contributed by atoms with Crippen LogP contribution in [0.1, 0.15) is 52.6 Å². The van der Waals surface area contributed by atoms with Crippen molar-refractivity contribution in [3.05, 3.63) is 70.5 Å². The van der Waals surface area contributed by atoms with Gasteiger partial charge in [-0.3, -0.25) is 4.79 Å². The number of nitrogens with one attached hydrogen (secondary N) is 2. The first-order chi connectivity index (χ1) is 17.8. The lowest BCUT2D eigenvalue weighted by atomic mass is 10.0. The number of carbonyl (C=O) groups excluding carboxylic acids is 1. The third-order valence-corrected chi connectivity index (χ3v) is 6.23. The van der Waals surface area contributed by atoms with Crippen molar-refractivity contribution in [2.24, 2.45) is 5.73 Å². The second kappa shape index (κ2) is 11.5. The van der Waals surface area contributed by atoms with E-state index in [0.717, 1.165) is 34.5 Å². The summed E-state index contributed by atoms with van der Waals surface area (Å²) in [4.78, 5) is 22.9. The maximum atomic E-state index is 13.6. The zero-order valence-electron chi connectivity index (χ0n) is 22.1. The Balaban J connectivity index is 1.71. The highest BCUT2D eigenvalue weighted by Gasteiger charge is 2.20. The van der Waals surface area contributed by atoms with Crippen LogP contribution in [0.25, 0.3) is 22.3 Å². The number of carbonyl (C=O) groups is 1. The molecule has 0 aliphatic rings. The largest absolute Gasteiger partial charge is 0.481 e. The van der Waals surface area contributed by atoms with Crippen LogP contribution in [0.5, 0.6) is 5.88 Å². The van der Waals surface area contributed by atoms with Crippen molar-refractivity contribution in [3.63, 3.8) is 0 Å². The lowest BCUT2D eigenvalue weighted by Gasteiger charge is -2.14. The molecule has 0 saturated carbocycles. The predicted molar refractivity (Wildman–Crippen MR) is 146 cm³/mol. The summed E-state index contributed by atoms with van der Waals surface area (Å²) in [7, 11) is 1.59. The monoisotopic (exact) mass is 501 g/mol. The van der Waals surface area contributed by atoms with Gasteiger partial charge < -0.3 is 21.1 Å². The van der Waals surface area contributed by atoms with E-state index in [9.17, 15) is 4.79 Å². The Morgan fingerprint density at radius 1 is 1.14 bits per heavy atom. The summed E-state index contributed by atoms with van der Waals surface area (Å²) in [6.07, 6.45) is 1.72. The third-order valence-electron chi connectivity index (χ3n) is 6.23. The molecule has 3 heterocycles. The van der Waals surface area contributed by atoms with E-state index in [1.807, 2.05) is 56.6 Å². The van der Waals surface area contributed by atoms with Crippen molar-refractivity contribution in [2.45, 2.75) is 46.8 Å². The number of methoxy groups -OCH3 is 1. The summed E-state index contributed by atoms with van der Waals surface area (Å²) in [5.41, 5.74) is 12.3. The van der Waals surface area contributed by atoms with Crippen molar-refractivity contribution in [1.82, 2.24) is 30.4 Å². The fraction of sp³-hybridized carbons (Fsp3) is 0.357. The predicted octanol–water partition coefficient (Wildman–Crippen LogP) is 3.68. The van der Waals surface area contributed by atoms with Crippen molar-refractivity contribution >= 4 is 16.9 Å². The summed E-state index contributed by atoms with van der Waals surface area (Å²) in [6.45, 7) is 10.3. The molecule has 9 nitrogen and oxygen atoms in total. The molecule has 0 saturated heterocycles. The van der Waals surface area contributed by atoms with Gasteiger partial charge in [-0.15, -0.1) is 0 Å². The van der Waals surface area contributed by atoms with Gasteiger partial charge in [-0.2, -0.15) is 5.10 Å². The zero-order valence-corrected chi connectivity index (χ0v) is 22.1. The molecular formula is C28H35N7O2. The van der Waals surface area contributed by atoms with Gasteiger partial charge >= 0.3 is 0 Å². The molecule has 0 aliphatic carbocycles. The molecule has 3 aromatic heterocycles. The molecule has 0 bridgehead atoms. The number of nitrogens with two attached hydrogens (primary N) is 1. The van der Waals surface area contributed by atoms with Crippen LogP contribution >= 0.6 is 0 Å². The average molecular weight is 502 g/mol. The summed E-state index contributed by atoms with van der Waals surface area (Å²) >= 11 is 0. The highest BCUT2D eigenvalue weighted by Crippen LogP contribution is 2.27. The Morgan fingerprint density at radius 2 is 1.95 bits per heavy atom. The summed E-state index contributed by atoms with van der Waals surface area (Å²) in [5, 5.41) is 11.6. The molecule has 1 aromatic carbocycles. The van der Waals surface area contributed by atoms with Crippen LogP contribution in [0.15, 0.2) is 42.6 Å². The number of aryl methyl sites for hydroxylation is 2. The quantitative estimate of drug-likeness (QED) is 0.284. The first-order valence-corrected chi connectivity index (χ1v) is 12.5. The van der Waals surface area contributed by atoms with Crippen molar-refractivity contribution in [1.29, 1.82) is 0 Å². The normalized spacial score (nSPS) is 11.3. The maximum absolute atomic E-state index is 13.6. The maximum Gasteiger partial charge on any atom is 0.252 e. The molecule has 4 N–H and O–H groups in total. The molecule has 37 heavy (non-hydrogen) atoms. The number of benzene rings is 1. The van der Waals surface area contributed by atoms with E-state index in [1.165, 1.54) is 0 Å². The summed E-state index contributed by atoms with van der Waals surface area (Å²) < 4.78 is 7.32. The Morgan fingerprint density at radius 3 is 2.68 bits per heavy atom. The number of aromatic nitrogens is 4. The molecule has 0 aliphatic heterocycles. The minimum atomic E-state index is -0.209.